The molecule has 0 spiro atoms. The number of rotatable bonds is 6. The predicted molar refractivity (Wildman–Crippen MR) is 72.2 cm³/mol. The topological polar surface area (TPSA) is 134 Å². The van der Waals surface area contributed by atoms with Crippen LogP contribution < -0.4 is 0 Å². The van der Waals surface area contributed by atoms with Crippen molar-refractivity contribution in [3.63, 3.8) is 0 Å². The van der Waals surface area contributed by atoms with Crippen LogP contribution in [0.2, 0.25) is 0 Å². The first-order chi connectivity index (χ1) is 9.71. The van der Waals surface area contributed by atoms with Gasteiger partial charge in [-0.2, -0.15) is 9.10 Å². The van der Waals surface area contributed by atoms with E-state index in [2.05, 4.69) is 4.79 Å². The molecule has 0 aliphatic heterocycles. The van der Waals surface area contributed by atoms with Crippen LogP contribution in [0.1, 0.15) is 6.92 Å². The molecule has 9 nitrogen and oxygen atoms in total. The molecule has 1 unspecified atom stereocenters. The quantitative estimate of drug-likeness (QED) is 0.247. The van der Waals surface area contributed by atoms with Gasteiger partial charge in [0.15, 0.2) is 0 Å². The molecule has 1 rings (SSSR count). The van der Waals surface area contributed by atoms with E-state index in [1.54, 1.807) is 0 Å². The number of nitro groups is 1. The van der Waals surface area contributed by atoms with Gasteiger partial charge in [-0.05, 0) is 19.1 Å². The molecule has 1 aromatic carbocycles. The molecular formula is C11H12N4O5S. The number of non-ortho nitro benzene ring substituents is 1. The average molecular weight is 312 g/mol. The Kier molecular flexibility index (Phi) is 5.03. The number of likely N-dealkylation sites (N-methyl/N-ethyl adjacent to an activating group) is 1. The molecule has 0 saturated carbocycles. The second-order valence-electron chi connectivity index (χ2n) is 4.10. The van der Waals surface area contributed by atoms with Gasteiger partial charge in [-0.3, -0.25) is 14.9 Å². The van der Waals surface area contributed by atoms with Gasteiger partial charge >= 0.3 is 6.21 Å². The summed E-state index contributed by atoms with van der Waals surface area (Å²) < 4.78 is 25.3. The number of carbonyl (C=O) groups is 1. The molecule has 10 heteroatoms. The Balaban J connectivity index is 3.12. The maximum absolute atomic E-state index is 12.3. The molecular weight excluding hydrogens is 300 g/mol. The Morgan fingerprint density at radius 3 is 2.38 bits per heavy atom. The summed E-state index contributed by atoms with van der Waals surface area (Å²) >= 11 is 0. The van der Waals surface area contributed by atoms with Gasteiger partial charge in [0.2, 0.25) is 10.0 Å². The summed E-state index contributed by atoms with van der Waals surface area (Å²) in [6.45, 7) is 1.33. The fourth-order valence-electron chi connectivity index (χ4n) is 1.46. The maximum atomic E-state index is 12.3. The molecule has 0 amide bonds. The molecule has 0 bridgehead atoms. The van der Waals surface area contributed by atoms with Gasteiger partial charge < -0.3 is 5.53 Å². The third-order valence-corrected chi connectivity index (χ3v) is 4.81. The molecule has 1 atom stereocenters. The largest absolute Gasteiger partial charge is 0.361 e. The number of nitrogens with zero attached hydrogens (tertiary/aromatic N) is 4. The van der Waals surface area contributed by atoms with Crippen LogP contribution in [0.3, 0.4) is 0 Å². The Labute approximate surface area is 120 Å². The zero-order chi connectivity index (χ0) is 16.2. The molecule has 0 heterocycles. The van der Waals surface area contributed by atoms with Crippen LogP contribution in [0.25, 0.3) is 5.53 Å². The molecule has 0 N–H and O–H groups in total. The van der Waals surface area contributed by atoms with Gasteiger partial charge in [0.25, 0.3) is 11.5 Å². The second kappa shape index (κ2) is 6.35. The van der Waals surface area contributed by atoms with Crippen molar-refractivity contribution in [1.29, 1.82) is 0 Å². The van der Waals surface area contributed by atoms with Crippen molar-refractivity contribution in [3.8, 4) is 0 Å². The van der Waals surface area contributed by atoms with E-state index in [1.165, 1.54) is 14.0 Å². The normalized spacial score (nSPS) is 12.5. The SMILES string of the molecule is CC(C(=O)C=[N+]=[N-])N(C)S(=O)(=O)c1ccc([N+](=O)[O-])cc1. The van der Waals surface area contributed by atoms with Crippen LogP contribution in [-0.2, 0) is 14.8 Å². The third-order valence-electron chi connectivity index (χ3n) is 2.87. The van der Waals surface area contributed by atoms with Crippen molar-refractivity contribution in [2.75, 3.05) is 7.05 Å². The number of benzene rings is 1. The zero-order valence-electron chi connectivity index (χ0n) is 11.2. The van der Waals surface area contributed by atoms with Crippen molar-refractivity contribution in [2.45, 2.75) is 17.9 Å². The first-order valence-corrected chi connectivity index (χ1v) is 7.09. The zero-order valence-corrected chi connectivity index (χ0v) is 12.0. The van der Waals surface area contributed by atoms with Gasteiger partial charge in [0.1, 0.15) is 0 Å². The van der Waals surface area contributed by atoms with E-state index in [-0.39, 0.29) is 10.6 Å². The standard InChI is InChI=1S/C11H12N4O5S/c1-8(11(16)7-13-12)14(2)21(19,20)10-5-3-9(4-6-10)15(17)18/h3-8H,1-2H3. The molecule has 0 aromatic heterocycles. The molecule has 112 valence electrons. The van der Waals surface area contributed by atoms with E-state index in [1.807, 2.05) is 0 Å². The maximum Gasteiger partial charge on any atom is 0.324 e. The summed E-state index contributed by atoms with van der Waals surface area (Å²) in [5, 5.41) is 10.5. The van der Waals surface area contributed by atoms with Crippen LogP contribution in [0.5, 0.6) is 0 Å². The van der Waals surface area contributed by atoms with Gasteiger partial charge in [0, 0.05) is 19.2 Å². The lowest BCUT2D eigenvalue weighted by molar-refractivity contribution is -0.384. The highest BCUT2D eigenvalue weighted by molar-refractivity contribution is 7.89. The van der Waals surface area contributed by atoms with Crippen LogP contribution in [0.4, 0.5) is 5.69 Å². The number of hydrogen-bond donors (Lipinski definition) is 0. The van der Waals surface area contributed by atoms with Crippen molar-refractivity contribution in [2.24, 2.45) is 0 Å². The lowest BCUT2D eigenvalue weighted by Crippen LogP contribution is -2.40. The van der Waals surface area contributed by atoms with E-state index in [0.29, 0.717) is 6.21 Å². The van der Waals surface area contributed by atoms with Crippen LogP contribution in [-0.4, -0.2) is 47.5 Å². The number of hydrogen-bond acceptors (Lipinski definition) is 5. The van der Waals surface area contributed by atoms with Gasteiger partial charge in [0.05, 0.1) is 15.9 Å². The Morgan fingerprint density at radius 1 is 1.43 bits per heavy atom. The fraction of sp³-hybridized carbons (Fsp3) is 0.273. The van der Waals surface area contributed by atoms with E-state index < -0.39 is 26.8 Å². The lowest BCUT2D eigenvalue weighted by Gasteiger charge is -2.21. The summed E-state index contributed by atoms with van der Waals surface area (Å²) in [5.74, 6) is -0.703. The Morgan fingerprint density at radius 2 is 1.95 bits per heavy atom. The fourth-order valence-corrected chi connectivity index (χ4v) is 2.79. The minimum absolute atomic E-state index is 0.184. The summed E-state index contributed by atoms with van der Waals surface area (Å²) in [5.41, 5.74) is 8.04. The first-order valence-electron chi connectivity index (χ1n) is 5.65. The van der Waals surface area contributed by atoms with Gasteiger partial charge in [-0.15, -0.1) is 0 Å². The van der Waals surface area contributed by atoms with Crippen molar-refractivity contribution in [3.05, 3.63) is 39.9 Å². The monoisotopic (exact) mass is 312 g/mol. The lowest BCUT2D eigenvalue weighted by atomic mass is 10.2. The van der Waals surface area contributed by atoms with E-state index in [4.69, 9.17) is 5.53 Å². The molecule has 0 radical (unpaired) electrons. The summed E-state index contributed by atoms with van der Waals surface area (Å²) in [7, 11) is -2.81. The van der Waals surface area contributed by atoms with E-state index in [9.17, 15) is 23.3 Å². The van der Waals surface area contributed by atoms with Crippen molar-refractivity contribution < 1.29 is 22.9 Å². The number of carbonyl (C=O) groups excluding carboxylic acids is 1. The predicted octanol–water partition coefficient (Wildman–Crippen LogP) is 0.474. The molecule has 21 heavy (non-hydrogen) atoms. The second-order valence-corrected chi connectivity index (χ2v) is 6.09. The minimum Gasteiger partial charge on any atom is -0.361 e. The highest BCUT2D eigenvalue weighted by Crippen LogP contribution is 2.20. The Bertz CT molecular complexity index is 707. The minimum atomic E-state index is -4.00. The number of nitro benzene ring substituents is 1. The summed E-state index contributed by atoms with van der Waals surface area (Å²) in [6.07, 6.45) is 0.604. The average Bonchev–Trinajstić information content (AvgIpc) is 2.45. The van der Waals surface area contributed by atoms with Gasteiger partial charge in [-0.25, -0.2) is 8.42 Å². The highest BCUT2D eigenvalue weighted by atomic mass is 32.2. The highest BCUT2D eigenvalue weighted by Gasteiger charge is 2.30. The van der Waals surface area contributed by atoms with E-state index in [0.717, 1.165) is 28.6 Å². The summed E-state index contributed by atoms with van der Waals surface area (Å²) in [6, 6.07) is 3.20. The molecule has 1 aromatic rings. The Hall–Kier alpha value is -2.42. The number of Topliss-reactive ketones (excluding diaryl/α,β-unsaturated/α-hetero) is 1. The molecule has 0 aliphatic rings. The van der Waals surface area contributed by atoms with E-state index >= 15 is 0 Å². The van der Waals surface area contributed by atoms with Crippen LogP contribution in [0.15, 0.2) is 29.2 Å². The number of sulfonamides is 1. The number of ketones is 1. The molecule has 0 aliphatic carbocycles. The van der Waals surface area contributed by atoms with Crippen molar-refractivity contribution >= 4 is 27.7 Å². The summed E-state index contributed by atoms with van der Waals surface area (Å²) in [4.78, 5) is 23.8. The molecule has 0 fully saturated rings. The van der Waals surface area contributed by atoms with Crippen LogP contribution >= 0.6 is 0 Å². The smallest absolute Gasteiger partial charge is 0.324 e. The third kappa shape index (κ3) is 3.57. The van der Waals surface area contributed by atoms with Gasteiger partial charge in [-0.1, -0.05) is 0 Å². The van der Waals surface area contributed by atoms with Crippen molar-refractivity contribution in [1.82, 2.24) is 4.31 Å². The molecule has 0 saturated heterocycles. The first kappa shape index (κ1) is 16.6. The van der Waals surface area contributed by atoms with Crippen LogP contribution in [0, 0.1) is 10.1 Å².